The molecule has 0 unspecified atom stereocenters. The molecular weight excluding hydrogens is 330 g/mol. The fourth-order valence-electron chi connectivity index (χ4n) is 3.21. The maximum Gasteiger partial charge on any atom is 0.251 e. The molecule has 1 amide bonds. The molecule has 2 aromatic rings. The van der Waals surface area contributed by atoms with Crippen LogP contribution in [0.25, 0.3) is 0 Å². The fraction of sp³-hybridized carbons (Fsp3) is 0.381. The summed E-state index contributed by atoms with van der Waals surface area (Å²) in [6, 6.07) is 13.0. The molecular formula is C21H25NO4. The second-order valence-electron chi connectivity index (χ2n) is 6.38. The lowest BCUT2D eigenvalue weighted by Gasteiger charge is -2.17. The van der Waals surface area contributed by atoms with Crippen molar-refractivity contribution in [3.63, 3.8) is 0 Å². The molecule has 0 aromatic heterocycles. The number of amides is 1. The van der Waals surface area contributed by atoms with Crippen molar-refractivity contribution < 1.29 is 19.0 Å². The monoisotopic (exact) mass is 355 g/mol. The molecule has 0 spiro atoms. The van der Waals surface area contributed by atoms with E-state index in [1.54, 1.807) is 32.4 Å². The van der Waals surface area contributed by atoms with Crippen molar-refractivity contribution in [2.45, 2.75) is 38.3 Å². The van der Waals surface area contributed by atoms with Gasteiger partial charge in [0.1, 0.15) is 5.75 Å². The van der Waals surface area contributed by atoms with Crippen LogP contribution in [-0.4, -0.2) is 26.2 Å². The predicted molar refractivity (Wildman–Crippen MR) is 100 cm³/mol. The normalized spacial score (nSPS) is 14.1. The van der Waals surface area contributed by atoms with Gasteiger partial charge in [0.25, 0.3) is 5.91 Å². The van der Waals surface area contributed by atoms with Crippen molar-refractivity contribution in [2.24, 2.45) is 0 Å². The van der Waals surface area contributed by atoms with Gasteiger partial charge in [0.2, 0.25) is 0 Å². The van der Waals surface area contributed by atoms with Crippen LogP contribution in [-0.2, 0) is 6.54 Å². The number of nitrogens with one attached hydrogen (secondary N) is 1. The lowest BCUT2D eigenvalue weighted by molar-refractivity contribution is 0.0950. The highest BCUT2D eigenvalue weighted by molar-refractivity contribution is 5.94. The van der Waals surface area contributed by atoms with Crippen LogP contribution in [0.1, 0.15) is 41.6 Å². The van der Waals surface area contributed by atoms with Gasteiger partial charge in [0, 0.05) is 17.7 Å². The number of methoxy groups -OCH3 is 2. The van der Waals surface area contributed by atoms with Gasteiger partial charge in [-0.05, 0) is 49.9 Å². The maximum absolute atomic E-state index is 12.5. The molecule has 138 valence electrons. The molecule has 1 aliphatic rings. The second kappa shape index (κ2) is 8.61. The molecule has 26 heavy (non-hydrogen) atoms. The number of carbonyl (C=O) groups is 1. The van der Waals surface area contributed by atoms with Gasteiger partial charge in [0.05, 0.1) is 20.3 Å². The van der Waals surface area contributed by atoms with E-state index in [1.165, 1.54) is 12.8 Å². The minimum Gasteiger partial charge on any atom is -0.493 e. The summed E-state index contributed by atoms with van der Waals surface area (Å²) in [6.07, 6.45) is 4.95. The highest BCUT2D eigenvalue weighted by Gasteiger charge is 2.18. The standard InChI is InChI=1S/C21H25NO4/c1-24-19-12-11-15(13-20(19)25-2)21(23)22-14-16-7-3-6-10-18(16)26-17-8-4-5-9-17/h3,6-7,10-13,17H,4-5,8-9,14H2,1-2H3,(H,22,23). The summed E-state index contributed by atoms with van der Waals surface area (Å²) in [7, 11) is 3.12. The zero-order valence-corrected chi connectivity index (χ0v) is 15.3. The Kier molecular flexibility index (Phi) is 6.00. The highest BCUT2D eigenvalue weighted by Crippen LogP contribution is 2.28. The number of rotatable bonds is 7. The average molecular weight is 355 g/mol. The molecule has 0 saturated heterocycles. The molecule has 1 saturated carbocycles. The Balaban J connectivity index is 1.66. The molecule has 1 aliphatic carbocycles. The zero-order valence-electron chi connectivity index (χ0n) is 15.3. The van der Waals surface area contributed by atoms with Crippen LogP contribution in [0.2, 0.25) is 0 Å². The maximum atomic E-state index is 12.5. The van der Waals surface area contributed by atoms with Gasteiger partial charge in [0.15, 0.2) is 11.5 Å². The first-order chi connectivity index (χ1) is 12.7. The van der Waals surface area contributed by atoms with E-state index in [0.717, 1.165) is 24.2 Å². The quantitative estimate of drug-likeness (QED) is 0.817. The summed E-state index contributed by atoms with van der Waals surface area (Å²) in [5.74, 6) is 1.82. The lowest BCUT2D eigenvalue weighted by Crippen LogP contribution is -2.23. The molecule has 0 radical (unpaired) electrons. The van der Waals surface area contributed by atoms with Gasteiger partial charge in [-0.2, -0.15) is 0 Å². The molecule has 2 aromatic carbocycles. The summed E-state index contributed by atoms with van der Waals surface area (Å²) in [5.41, 5.74) is 1.50. The Morgan fingerprint density at radius 1 is 1.00 bits per heavy atom. The smallest absolute Gasteiger partial charge is 0.251 e. The van der Waals surface area contributed by atoms with Crippen LogP contribution in [0.5, 0.6) is 17.2 Å². The first-order valence-corrected chi connectivity index (χ1v) is 8.96. The average Bonchev–Trinajstić information content (AvgIpc) is 3.19. The number of hydrogen-bond acceptors (Lipinski definition) is 4. The predicted octanol–water partition coefficient (Wildman–Crippen LogP) is 3.96. The van der Waals surface area contributed by atoms with E-state index in [0.29, 0.717) is 23.6 Å². The van der Waals surface area contributed by atoms with E-state index in [9.17, 15) is 4.79 Å². The molecule has 3 rings (SSSR count). The number of hydrogen-bond donors (Lipinski definition) is 1. The Hall–Kier alpha value is -2.69. The molecule has 0 bridgehead atoms. The van der Waals surface area contributed by atoms with Crippen molar-refractivity contribution in [3.8, 4) is 17.2 Å². The Morgan fingerprint density at radius 2 is 1.73 bits per heavy atom. The number of para-hydroxylation sites is 1. The summed E-state index contributed by atoms with van der Waals surface area (Å²) in [5, 5.41) is 2.95. The van der Waals surface area contributed by atoms with Gasteiger partial charge in [-0.3, -0.25) is 4.79 Å². The van der Waals surface area contributed by atoms with E-state index in [-0.39, 0.29) is 12.0 Å². The van der Waals surface area contributed by atoms with Crippen molar-refractivity contribution in [1.29, 1.82) is 0 Å². The van der Waals surface area contributed by atoms with E-state index in [4.69, 9.17) is 14.2 Å². The van der Waals surface area contributed by atoms with E-state index < -0.39 is 0 Å². The molecule has 5 nitrogen and oxygen atoms in total. The second-order valence-corrected chi connectivity index (χ2v) is 6.38. The largest absolute Gasteiger partial charge is 0.493 e. The fourth-order valence-corrected chi connectivity index (χ4v) is 3.21. The summed E-state index contributed by atoms with van der Waals surface area (Å²) in [6.45, 7) is 0.413. The first kappa shape index (κ1) is 18.1. The third-order valence-corrected chi connectivity index (χ3v) is 4.65. The van der Waals surface area contributed by atoms with Gasteiger partial charge in [-0.1, -0.05) is 18.2 Å². The Morgan fingerprint density at radius 3 is 2.46 bits per heavy atom. The van der Waals surface area contributed by atoms with Crippen LogP contribution in [0.15, 0.2) is 42.5 Å². The Bertz CT molecular complexity index is 753. The van der Waals surface area contributed by atoms with Gasteiger partial charge in [-0.25, -0.2) is 0 Å². The van der Waals surface area contributed by atoms with Crippen LogP contribution in [0.3, 0.4) is 0 Å². The van der Waals surface area contributed by atoms with Gasteiger partial charge < -0.3 is 19.5 Å². The molecule has 0 heterocycles. The molecule has 0 aliphatic heterocycles. The molecule has 1 fully saturated rings. The van der Waals surface area contributed by atoms with Crippen molar-refractivity contribution in [2.75, 3.05) is 14.2 Å². The van der Waals surface area contributed by atoms with Crippen molar-refractivity contribution >= 4 is 5.91 Å². The summed E-state index contributed by atoms with van der Waals surface area (Å²) >= 11 is 0. The third-order valence-electron chi connectivity index (χ3n) is 4.65. The number of ether oxygens (including phenoxy) is 3. The molecule has 0 atom stereocenters. The summed E-state index contributed by atoms with van der Waals surface area (Å²) in [4.78, 5) is 12.5. The number of benzene rings is 2. The van der Waals surface area contributed by atoms with Gasteiger partial charge >= 0.3 is 0 Å². The summed E-state index contributed by atoms with van der Waals surface area (Å²) < 4.78 is 16.6. The molecule has 1 N–H and O–H groups in total. The zero-order chi connectivity index (χ0) is 18.4. The molecule has 5 heteroatoms. The third kappa shape index (κ3) is 4.28. The van der Waals surface area contributed by atoms with Crippen molar-refractivity contribution in [3.05, 3.63) is 53.6 Å². The van der Waals surface area contributed by atoms with Crippen LogP contribution >= 0.6 is 0 Å². The van der Waals surface area contributed by atoms with Gasteiger partial charge in [-0.15, -0.1) is 0 Å². The van der Waals surface area contributed by atoms with Crippen LogP contribution in [0, 0.1) is 0 Å². The number of carbonyl (C=O) groups excluding carboxylic acids is 1. The highest BCUT2D eigenvalue weighted by atomic mass is 16.5. The Labute approximate surface area is 154 Å². The van der Waals surface area contributed by atoms with Crippen LogP contribution in [0.4, 0.5) is 0 Å². The first-order valence-electron chi connectivity index (χ1n) is 8.96. The van der Waals surface area contributed by atoms with E-state index in [1.807, 2.05) is 24.3 Å². The van der Waals surface area contributed by atoms with E-state index >= 15 is 0 Å². The van der Waals surface area contributed by atoms with Crippen molar-refractivity contribution in [1.82, 2.24) is 5.32 Å². The van der Waals surface area contributed by atoms with E-state index in [2.05, 4.69) is 5.32 Å². The van der Waals surface area contributed by atoms with Crippen LogP contribution < -0.4 is 19.5 Å². The minimum atomic E-state index is -0.165. The minimum absolute atomic E-state index is 0.165. The topological polar surface area (TPSA) is 56.8 Å². The lowest BCUT2D eigenvalue weighted by atomic mass is 10.1. The SMILES string of the molecule is COc1ccc(C(=O)NCc2ccccc2OC2CCCC2)cc1OC.